The SMILES string of the molecule is C/C(=N/NC(=S)NC(C)(C)C)c1ccc(F)cc1Cl. The molecule has 3 nitrogen and oxygen atoms in total. The molecule has 2 N–H and O–H groups in total. The number of nitrogens with zero attached hydrogens (tertiary/aromatic N) is 1. The molecule has 0 aliphatic carbocycles. The highest BCUT2D eigenvalue weighted by molar-refractivity contribution is 7.80. The summed E-state index contributed by atoms with van der Waals surface area (Å²) in [6.07, 6.45) is 0. The van der Waals surface area contributed by atoms with Gasteiger partial charge in [0.25, 0.3) is 0 Å². The van der Waals surface area contributed by atoms with Crippen LogP contribution in [0.1, 0.15) is 33.3 Å². The third-order valence-electron chi connectivity index (χ3n) is 2.13. The summed E-state index contributed by atoms with van der Waals surface area (Å²) in [6, 6.07) is 4.17. The fourth-order valence-electron chi connectivity index (χ4n) is 1.35. The van der Waals surface area contributed by atoms with Crippen molar-refractivity contribution >= 4 is 34.6 Å². The van der Waals surface area contributed by atoms with Crippen molar-refractivity contribution in [1.29, 1.82) is 0 Å². The molecule has 1 aromatic rings. The summed E-state index contributed by atoms with van der Waals surface area (Å²) in [7, 11) is 0. The summed E-state index contributed by atoms with van der Waals surface area (Å²) in [5.41, 5.74) is 3.89. The van der Waals surface area contributed by atoms with Crippen molar-refractivity contribution in [3.63, 3.8) is 0 Å². The van der Waals surface area contributed by atoms with E-state index in [1.807, 2.05) is 20.8 Å². The highest BCUT2D eigenvalue weighted by atomic mass is 35.5. The molecule has 19 heavy (non-hydrogen) atoms. The van der Waals surface area contributed by atoms with Gasteiger partial charge in [-0.3, -0.25) is 5.43 Å². The summed E-state index contributed by atoms with van der Waals surface area (Å²) < 4.78 is 12.9. The molecule has 0 aliphatic rings. The summed E-state index contributed by atoms with van der Waals surface area (Å²) in [5, 5.41) is 7.93. The van der Waals surface area contributed by atoms with E-state index >= 15 is 0 Å². The van der Waals surface area contributed by atoms with Crippen LogP contribution in [0.3, 0.4) is 0 Å². The molecule has 0 saturated heterocycles. The van der Waals surface area contributed by atoms with Crippen LogP contribution in [0.15, 0.2) is 23.3 Å². The number of thiocarbonyl (C=S) groups is 1. The predicted octanol–water partition coefficient (Wildman–Crippen LogP) is 3.47. The summed E-state index contributed by atoms with van der Waals surface area (Å²) in [5.74, 6) is -0.376. The molecule has 0 aliphatic heterocycles. The molecule has 0 fully saturated rings. The zero-order valence-electron chi connectivity index (χ0n) is 11.3. The maximum Gasteiger partial charge on any atom is 0.187 e. The maximum atomic E-state index is 12.9. The van der Waals surface area contributed by atoms with E-state index in [1.165, 1.54) is 12.1 Å². The Labute approximate surface area is 123 Å². The number of hydrazone groups is 1. The second kappa shape index (κ2) is 6.30. The first-order valence-corrected chi connectivity index (χ1v) is 6.55. The van der Waals surface area contributed by atoms with Gasteiger partial charge in [0.2, 0.25) is 0 Å². The number of benzene rings is 1. The lowest BCUT2D eigenvalue weighted by Crippen LogP contribution is -2.44. The molecule has 1 aromatic carbocycles. The lowest BCUT2D eigenvalue weighted by Gasteiger charge is -2.21. The Morgan fingerprint density at radius 3 is 2.53 bits per heavy atom. The Hall–Kier alpha value is -1.20. The zero-order valence-corrected chi connectivity index (χ0v) is 12.9. The topological polar surface area (TPSA) is 36.4 Å². The fourth-order valence-corrected chi connectivity index (χ4v) is 2.00. The normalized spacial score (nSPS) is 12.2. The predicted molar refractivity (Wildman–Crippen MR) is 82.2 cm³/mol. The van der Waals surface area contributed by atoms with Gasteiger partial charge in [0.15, 0.2) is 5.11 Å². The van der Waals surface area contributed by atoms with E-state index in [1.54, 1.807) is 13.0 Å². The minimum Gasteiger partial charge on any atom is -0.357 e. The van der Waals surface area contributed by atoms with E-state index in [0.717, 1.165) is 0 Å². The highest BCUT2D eigenvalue weighted by Gasteiger charge is 2.11. The lowest BCUT2D eigenvalue weighted by molar-refractivity contribution is 0.508. The molecular formula is C13H17ClFN3S. The largest absolute Gasteiger partial charge is 0.357 e. The van der Waals surface area contributed by atoms with Crippen molar-refractivity contribution in [3.05, 3.63) is 34.6 Å². The molecule has 0 amide bonds. The van der Waals surface area contributed by atoms with Crippen molar-refractivity contribution in [2.24, 2.45) is 5.10 Å². The number of nitrogens with one attached hydrogen (secondary N) is 2. The van der Waals surface area contributed by atoms with Crippen molar-refractivity contribution in [2.45, 2.75) is 33.2 Å². The minimum atomic E-state index is -0.376. The first-order valence-electron chi connectivity index (χ1n) is 5.77. The van der Waals surface area contributed by atoms with Gasteiger partial charge in [-0.05, 0) is 58.1 Å². The van der Waals surface area contributed by atoms with Gasteiger partial charge in [0.05, 0.1) is 10.7 Å². The van der Waals surface area contributed by atoms with Crippen LogP contribution in [0.5, 0.6) is 0 Å². The molecule has 6 heteroatoms. The Bertz CT molecular complexity index is 509. The number of halogens is 2. The van der Waals surface area contributed by atoms with E-state index in [0.29, 0.717) is 21.4 Å². The number of hydrogen-bond acceptors (Lipinski definition) is 2. The van der Waals surface area contributed by atoms with Gasteiger partial charge >= 0.3 is 0 Å². The van der Waals surface area contributed by atoms with Gasteiger partial charge in [-0.2, -0.15) is 5.10 Å². The second-order valence-corrected chi connectivity index (χ2v) is 5.95. The van der Waals surface area contributed by atoms with Gasteiger partial charge in [0, 0.05) is 11.1 Å². The van der Waals surface area contributed by atoms with Gasteiger partial charge in [-0.1, -0.05) is 11.6 Å². The van der Waals surface area contributed by atoms with Gasteiger partial charge in [0.1, 0.15) is 5.82 Å². The van der Waals surface area contributed by atoms with E-state index in [9.17, 15) is 4.39 Å². The molecule has 0 spiro atoms. The first-order chi connectivity index (χ1) is 8.69. The van der Waals surface area contributed by atoms with Crippen LogP contribution in [0.25, 0.3) is 0 Å². The van der Waals surface area contributed by atoms with Crippen molar-refractivity contribution in [2.75, 3.05) is 0 Å². The average Bonchev–Trinajstić information content (AvgIpc) is 2.23. The van der Waals surface area contributed by atoms with Crippen molar-refractivity contribution in [3.8, 4) is 0 Å². The van der Waals surface area contributed by atoms with Gasteiger partial charge in [-0.15, -0.1) is 0 Å². The standard InChI is InChI=1S/C13H17ClFN3S/c1-8(10-6-5-9(15)7-11(10)14)17-18-12(19)16-13(2,3)4/h5-7H,1-4H3,(H2,16,18,19)/b17-8-. The third-order valence-corrected chi connectivity index (χ3v) is 2.64. The van der Waals surface area contributed by atoms with E-state index < -0.39 is 0 Å². The van der Waals surface area contributed by atoms with Crippen molar-refractivity contribution in [1.82, 2.24) is 10.7 Å². The Kier molecular flexibility index (Phi) is 5.26. The summed E-state index contributed by atoms with van der Waals surface area (Å²) in [6.45, 7) is 7.75. The summed E-state index contributed by atoms with van der Waals surface area (Å²) in [4.78, 5) is 0. The van der Waals surface area contributed by atoms with E-state index in [4.69, 9.17) is 23.8 Å². The fraction of sp³-hybridized carbons (Fsp3) is 0.385. The molecule has 0 radical (unpaired) electrons. The molecule has 104 valence electrons. The molecule has 1 rings (SSSR count). The molecule has 0 heterocycles. The van der Waals surface area contributed by atoms with Gasteiger partial charge < -0.3 is 5.32 Å². The van der Waals surface area contributed by atoms with Gasteiger partial charge in [-0.25, -0.2) is 4.39 Å². The second-order valence-electron chi connectivity index (χ2n) is 5.14. The molecule has 0 saturated carbocycles. The third kappa shape index (κ3) is 5.53. The number of hydrogen-bond donors (Lipinski definition) is 2. The Balaban J connectivity index is 2.75. The minimum absolute atomic E-state index is 0.138. The Morgan fingerprint density at radius 2 is 2.00 bits per heavy atom. The monoisotopic (exact) mass is 301 g/mol. The quantitative estimate of drug-likeness (QED) is 0.499. The molecular weight excluding hydrogens is 285 g/mol. The van der Waals surface area contributed by atoms with Crippen LogP contribution in [-0.2, 0) is 0 Å². The highest BCUT2D eigenvalue weighted by Crippen LogP contribution is 2.17. The zero-order chi connectivity index (χ0) is 14.6. The summed E-state index contributed by atoms with van der Waals surface area (Å²) >= 11 is 11.1. The van der Waals surface area contributed by atoms with Crippen LogP contribution in [0.2, 0.25) is 5.02 Å². The lowest BCUT2D eigenvalue weighted by atomic mass is 10.1. The number of rotatable bonds is 2. The smallest absolute Gasteiger partial charge is 0.187 e. The van der Waals surface area contributed by atoms with Crippen LogP contribution in [0.4, 0.5) is 4.39 Å². The maximum absolute atomic E-state index is 12.9. The van der Waals surface area contributed by atoms with Crippen LogP contribution >= 0.6 is 23.8 Å². The average molecular weight is 302 g/mol. The van der Waals surface area contributed by atoms with E-state index in [-0.39, 0.29) is 11.4 Å². The Morgan fingerprint density at radius 1 is 1.37 bits per heavy atom. The molecule has 0 bridgehead atoms. The van der Waals surface area contributed by atoms with Crippen molar-refractivity contribution < 1.29 is 4.39 Å². The van der Waals surface area contributed by atoms with Crippen LogP contribution in [-0.4, -0.2) is 16.4 Å². The van der Waals surface area contributed by atoms with E-state index in [2.05, 4.69) is 15.8 Å². The van der Waals surface area contributed by atoms with Crippen LogP contribution in [0, 0.1) is 5.82 Å². The van der Waals surface area contributed by atoms with Crippen LogP contribution < -0.4 is 10.7 Å². The first kappa shape index (κ1) is 15.9. The molecule has 0 unspecified atom stereocenters. The molecule has 0 atom stereocenters. The molecule has 0 aromatic heterocycles.